The van der Waals surface area contributed by atoms with Gasteiger partial charge in [0.15, 0.2) is 6.10 Å². The molecule has 0 saturated carbocycles. The van der Waals surface area contributed by atoms with Crippen molar-refractivity contribution in [1.82, 2.24) is 4.90 Å². The Balaban J connectivity index is 1.30. The number of rotatable bonds is 10. The SMILES string of the molecule is COc1ccc(OCCCC(=O)Nc2ccc3c(c2)N(CCN2CCCCC2)C(=O)C(C)O3)cc1. The van der Waals surface area contributed by atoms with E-state index in [9.17, 15) is 9.59 Å². The van der Waals surface area contributed by atoms with Crippen molar-refractivity contribution < 1.29 is 23.8 Å². The van der Waals surface area contributed by atoms with E-state index in [0.29, 0.717) is 43.1 Å². The third-order valence-electron chi connectivity index (χ3n) is 6.42. The summed E-state index contributed by atoms with van der Waals surface area (Å²) in [6.45, 7) is 5.83. The number of anilines is 2. The lowest BCUT2D eigenvalue weighted by Gasteiger charge is -2.35. The molecule has 1 saturated heterocycles. The molecule has 0 radical (unpaired) electrons. The van der Waals surface area contributed by atoms with Gasteiger partial charge in [-0.15, -0.1) is 0 Å². The molecule has 2 aliphatic rings. The third kappa shape index (κ3) is 6.66. The van der Waals surface area contributed by atoms with E-state index < -0.39 is 6.10 Å². The number of nitrogens with one attached hydrogen (secondary N) is 1. The summed E-state index contributed by atoms with van der Waals surface area (Å²) in [4.78, 5) is 29.6. The fourth-order valence-electron chi connectivity index (χ4n) is 4.46. The molecule has 1 atom stereocenters. The summed E-state index contributed by atoms with van der Waals surface area (Å²) in [5.74, 6) is 2.03. The number of nitrogens with zero attached hydrogens (tertiary/aromatic N) is 2. The van der Waals surface area contributed by atoms with E-state index >= 15 is 0 Å². The Morgan fingerprint density at radius 2 is 1.80 bits per heavy atom. The van der Waals surface area contributed by atoms with Crippen molar-refractivity contribution in [3.63, 3.8) is 0 Å². The molecule has 35 heavy (non-hydrogen) atoms. The molecule has 8 nitrogen and oxygen atoms in total. The second kappa shape index (κ2) is 11.9. The van der Waals surface area contributed by atoms with Gasteiger partial charge in [-0.05, 0) is 81.7 Å². The zero-order valence-electron chi connectivity index (χ0n) is 20.6. The van der Waals surface area contributed by atoms with Crippen molar-refractivity contribution >= 4 is 23.2 Å². The summed E-state index contributed by atoms with van der Waals surface area (Å²) >= 11 is 0. The van der Waals surface area contributed by atoms with Crippen LogP contribution < -0.4 is 24.4 Å². The lowest BCUT2D eigenvalue weighted by molar-refractivity contribution is -0.125. The molecule has 2 aliphatic heterocycles. The number of ether oxygens (including phenoxy) is 3. The molecular weight excluding hydrogens is 446 g/mol. The number of carbonyl (C=O) groups excluding carboxylic acids is 2. The first-order chi connectivity index (χ1) is 17.0. The lowest BCUT2D eigenvalue weighted by Crippen LogP contribution is -2.48. The van der Waals surface area contributed by atoms with Crippen LogP contribution >= 0.6 is 0 Å². The van der Waals surface area contributed by atoms with Gasteiger partial charge in [0.1, 0.15) is 17.2 Å². The van der Waals surface area contributed by atoms with Gasteiger partial charge in [0.05, 0.1) is 19.4 Å². The Labute approximate surface area is 207 Å². The first-order valence-electron chi connectivity index (χ1n) is 12.4. The first kappa shape index (κ1) is 24.9. The van der Waals surface area contributed by atoms with Gasteiger partial charge >= 0.3 is 0 Å². The summed E-state index contributed by atoms with van der Waals surface area (Å²) < 4.78 is 16.6. The van der Waals surface area contributed by atoms with Gasteiger partial charge < -0.3 is 29.3 Å². The molecule has 0 bridgehead atoms. The van der Waals surface area contributed by atoms with Crippen LogP contribution in [-0.4, -0.2) is 62.7 Å². The Kier molecular flexibility index (Phi) is 8.47. The number of piperidine rings is 1. The summed E-state index contributed by atoms with van der Waals surface area (Å²) in [7, 11) is 1.62. The minimum Gasteiger partial charge on any atom is -0.497 e. The van der Waals surface area contributed by atoms with Crippen molar-refractivity contribution in [3.05, 3.63) is 42.5 Å². The standard InChI is InChI=1S/C27H35N3O5/c1-20-27(32)30(17-16-29-14-4-3-5-15-29)24-19-21(8-13-25(24)35-20)28-26(31)7-6-18-34-23-11-9-22(33-2)10-12-23/h8-13,19-20H,3-7,14-18H2,1-2H3,(H,28,31). The Bertz CT molecular complexity index is 1000. The number of hydrogen-bond donors (Lipinski definition) is 1. The molecule has 1 N–H and O–H groups in total. The number of fused-ring (bicyclic) bond motifs is 1. The molecule has 1 fully saturated rings. The van der Waals surface area contributed by atoms with Crippen LogP contribution in [0, 0.1) is 0 Å². The predicted molar refractivity (Wildman–Crippen MR) is 136 cm³/mol. The Morgan fingerprint density at radius 3 is 2.54 bits per heavy atom. The second-order valence-electron chi connectivity index (χ2n) is 9.01. The lowest BCUT2D eigenvalue weighted by atomic mass is 10.1. The maximum Gasteiger partial charge on any atom is 0.267 e. The molecule has 2 aromatic rings. The fourth-order valence-corrected chi connectivity index (χ4v) is 4.46. The van der Waals surface area contributed by atoms with E-state index in [1.807, 2.05) is 42.5 Å². The maximum absolute atomic E-state index is 12.9. The minimum absolute atomic E-state index is 0.0475. The van der Waals surface area contributed by atoms with Crippen LogP contribution in [0.25, 0.3) is 0 Å². The number of carbonyl (C=O) groups is 2. The van der Waals surface area contributed by atoms with E-state index in [0.717, 1.165) is 31.1 Å². The van der Waals surface area contributed by atoms with Crippen LogP contribution in [0.3, 0.4) is 0 Å². The Morgan fingerprint density at radius 1 is 1.06 bits per heavy atom. The zero-order valence-corrected chi connectivity index (χ0v) is 20.6. The van der Waals surface area contributed by atoms with Gasteiger partial charge in [-0.3, -0.25) is 9.59 Å². The van der Waals surface area contributed by atoms with Gasteiger partial charge in [-0.25, -0.2) is 0 Å². The topological polar surface area (TPSA) is 80.3 Å². The van der Waals surface area contributed by atoms with Crippen molar-refractivity contribution in [1.29, 1.82) is 0 Å². The normalized spacial score (nSPS) is 17.9. The average Bonchev–Trinajstić information content (AvgIpc) is 2.88. The van der Waals surface area contributed by atoms with Gasteiger partial charge in [0.2, 0.25) is 5.91 Å². The summed E-state index contributed by atoms with van der Waals surface area (Å²) in [6, 6.07) is 12.8. The van der Waals surface area contributed by atoms with Crippen molar-refractivity contribution in [2.75, 3.05) is 50.1 Å². The predicted octanol–water partition coefficient (Wildman–Crippen LogP) is 4.09. The highest BCUT2D eigenvalue weighted by molar-refractivity contribution is 6.01. The molecular formula is C27H35N3O5. The number of hydrogen-bond acceptors (Lipinski definition) is 6. The highest BCUT2D eigenvalue weighted by Gasteiger charge is 2.32. The van der Waals surface area contributed by atoms with E-state index in [1.54, 1.807) is 18.9 Å². The monoisotopic (exact) mass is 481 g/mol. The number of benzene rings is 2. The van der Waals surface area contributed by atoms with Crippen molar-refractivity contribution in [3.8, 4) is 17.2 Å². The van der Waals surface area contributed by atoms with E-state index in [2.05, 4.69) is 10.2 Å². The smallest absolute Gasteiger partial charge is 0.267 e. The van der Waals surface area contributed by atoms with E-state index in [-0.39, 0.29) is 11.8 Å². The molecule has 2 heterocycles. The van der Waals surface area contributed by atoms with Crippen LogP contribution in [0.2, 0.25) is 0 Å². The van der Waals surface area contributed by atoms with Gasteiger partial charge in [0.25, 0.3) is 5.91 Å². The second-order valence-corrected chi connectivity index (χ2v) is 9.01. The molecule has 188 valence electrons. The number of likely N-dealkylation sites (tertiary alicyclic amines) is 1. The van der Waals surface area contributed by atoms with Gasteiger partial charge in [0, 0.05) is 25.2 Å². The molecule has 0 aliphatic carbocycles. The van der Waals surface area contributed by atoms with Gasteiger partial charge in [-0.1, -0.05) is 6.42 Å². The third-order valence-corrected chi connectivity index (χ3v) is 6.42. The average molecular weight is 482 g/mol. The maximum atomic E-state index is 12.9. The largest absolute Gasteiger partial charge is 0.497 e. The quantitative estimate of drug-likeness (QED) is 0.515. The van der Waals surface area contributed by atoms with Crippen molar-refractivity contribution in [2.45, 2.75) is 45.1 Å². The number of methoxy groups -OCH3 is 1. The van der Waals surface area contributed by atoms with Crippen molar-refractivity contribution in [2.24, 2.45) is 0 Å². The van der Waals surface area contributed by atoms with Gasteiger partial charge in [-0.2, -0.15) is 0 Å². The highest BCUT2D eigenvalue weighted by Crippen LogP contribution is 2.36. The number of amides is 2. The van der Waals surface area contributed by atoms with Crippen LogP contribution in [-0.2, 0) is 9.59 Å². The molecule has 0 spiro atoms. The Hall–Kier alpha value is -3.26. The molecule has 2 aromatic carbocycles. The highest BCUT2D eigenvalue weighted by atomic mass is 16.5. The van der Waals surface area contributed by atoms with Crippen LogP contribution in [0.15, 0.2) is 42.5 Å². The fraction of sp³-hybridized carbons (Fsp3) is 0.481. The first-order valence-corrected chi connectivity index (χ1v) is 12.4. The molecule has 2 amide bonds. The van der Waals surface area contributed by atoms with E-state index in [4.69, 9.17) is 14.2 Å². The summed E-state index contributed by atoms with van der Waals surface area (Å²) in [5, 5.41) is 2.94. The minimum atomic E-state index is -0.519. The molecule has 0 aromatic heterocycles. The summed E-state index contributed by atoms with van der Waals surface area (Å²) in [5.41, 5.74) is 1.37. The molecule has 4 rings (SSSR count). The zero-order chi connectivity index (χ0) is 24.6. The van der Waals surface area contributed by atoms with Crippen LogP contribution in [0.5, 0.6) is 17.2 Å². The van der Waals surface area contributed by atoms with Crippen LogP contribution in [0.1, 0.15) is 39.0 Å². The summed E-state index contributed by atoms with van der Waals surface area (Å²) in [6.07, 6.45) is 4.11. The molecule has 8 heteroatoms. The molecule has 1 unspecified atom stereocenters. The van der Waals surface area contributed by atoms with E-state index in [1.165, 1.54) is 19.3 Å². The van der Waals surface area contributed by atoms with Crippen LogP contribution in [0.4, 0.5) is 11.4 Å².